The van der Waals surface area contributed by atoms with E-state index in [4.69, 9.17) is 4.74 Å². The Balaban J connectivity index is 1.68. The van der Waals surface area contributed by atoms with Crippen LogP contribution in [-0.2, 0) is 17.7 Å². The Hall–Kier alpha value is -0.940. The van der Waals surface area contributed by atoms with Crippen LogP contribution in [0.5, 0.6) is 0 Å². The molecule has 1 aromatic rings. The molecule has 5 nitrogen and oxygen atoms in total. The predicted octanol–water partition coefficient (Wildman–Crippen LogP) is 2.33. The summed E-state index contributed by atoms with van der Waals surface area (Å²) in [6, 6.07) is 0.296. The van der Waals surface area contributed by atoms with Crippen molar-refractivity contribution in [2.75, 3.05) is 13.2 Å². The molecule has 1 saturated carbocycles. The van der Waals surface area contributed by atoms with Gasteiger partial charge in [0.05, 0.1) is 12.1 Å². The van der Waals surface area contributed by atoms with Crippen LogP contribution in [0.4, 0.5) is 0 Å². The summed E-state index contributed by atoms with van der Waals surface area (Å²) in [6.07, 6.45) is 3.88. The third kappa shape index (κ3) is 2.99. The normalized spacial score (nSPS) is 29.0. The molecule has 5 heteroatoms. The topological polar surface area (TPSA) is 52.0 Å². The maximum absolute atomic E-state index is 5.65. The molecule has 0 aromatic carbocycles. The Morgan fingerprint density at radius 3 is 2.71 bits per heavy atom. The average molecular weight is 292 g/mol. The number of aromatic nitrogens is 3. The summed E-state index contributed by atoms with van der Waals surface area (Å²) in [7, 11) is 0. The Labute approximate surface area is 127 Å². The summed E-state index contributed by atoms with van der Waals surface area (Å²) in [4.78, 5) is 0. The number of hydrogen-bond acceptors (Lipinski definition) is 4. The van der Waals surface area contributed by atoms with E-state index in [9.17, 15) is 0 Å². The molecule has 1 fully saturated rings. The Morgan fingerprint density at radius 2 is 2.05 bits per heavy atom. The molecule has 2 heterocycles. The van der Waals surface area contributed by atoms with E-state index in [2.05, 4.69) is 47.8 Å². The highest BCUT2D eigenvalue weighted by atomic mass is 16.5. The van der Waals surface area contributed by atoms with Crippen molar-refractivity contribution >= 4 is 0 Å². The summed E-state index contributed by atoms with van der Waals surface area (Å²) >= 11 is 0. The van der Waals surface area contributed by atoms with Gasteiger partial charge in [-0.3, -0.25) is 0 Å². The van der Waals surface area contributed by atoms with E-state index < -0.39 is 0 Å². The Kier molecular flexibility index (Phi) is 4.06. The van der Waals surface area contributed by atoms with Crippen molar-refractivity contribution in [3.05, 3.63) is 11.6 Å². The molecule has 1 atom stereocenters. The van der Waals surface area contributed by atoms with E-state index in [0.29, 0.717) is 12.1 Å². The van der Waals surface area contributed by atoms with Crippen molar-refractivity contribution in [3.63, 3.8) is 0 Å². The molecule has 118 valence electrons. The van der Waals surface area contributed by atoms with E-state index >= 15 is 0 Å². The van der Waals surface area contributed by atoms with E-state index in [0.717, 1.165) is 37.9 Å². The van der Waals surface area contributed by atoms with Gasteiger partial charge in [0.15, 0.2) is 5.82 Å². The van der Waals surface area contributed by atoms with E-state index in [-0.39, 0.29) is 5.41 Å². The molecule has 0 amide bonds. The van der Waals surface area contributed by atoms with Crippen LogP contribution < -0.4 is 5.32 Å². The zero-order chi connectivity index (χ0) is 15.0. The van der Waals surface area contributed by atoms with Gasteiger partial charge in [-0.25, -0.2) is 0 Å². The van der Waals surface area contributed by atoms with Gasteiger partial charge in [-0.2, -0.15) is 0 Å². The fraction of sp³-hybridized carbons (Fsp3) is 0.875. The zero-order valence-electron chi connectivity index (χ0n) is 13.7. The van der Waals surface area contributed by atoms with Gasteiger partial charge < -0.3 is 14.6 Å². The molecule has 0 radical (unpaired) electrons. The van der Waals surface area contributed by atoms with E-state index in [1.165, 1.54) is 18.7 Å². The predicted molar refractivity (Wildman–Crippen MR) is 82.1 cm³/mol. The molecule has 0 bridgehead atoms. The third-order valence-electron chi connectivity index (χ3n) is 4.73. The van der Waals surface area contributed by atoms with Crippen molar-refractivity contribution in [1.82, 2.24) is 20.1 Å². The molecule has 0 saturated heterocycles. The largest absolute Gasteiger partial charge is 0.378 e. The van der Waals surface area contributed by atoms with Crippen LogP contribution in [0.2, 0.25) is 0 Å². The van der Waals surface area contributed by atoms with Crippen LogP contribution in [0.25, 0.3) is 0 Å². The molecule has 1 aromatic heterocycles. The van der Waals surface area contributed by atoms with Crippen molar-refractivity contribution in [2.45, 2.75) is 65.6 Å². The second-order valence-electron chi connectivity index (χ2n) is 7.50. The van der Waals surface area contributed by atoms with Crippen molar-refractivity contribution in [3.8, 4) is 0 Å². The van der Waals surface area contributed by atoms with Gasteiger partial charge in [0.25, 0.3) is 0 Å². The smallest absolute Gasteiger partial charge is 0.150 e. The highest BCUT2D eigenvalue weighted by molar-refractivity contribution is 5.09. The summed E-state index contributed by atoms with van der Waals surface area (Å²) in [5, 5.41) is 12.6. The molecule has 3 rings (SSSR count). The lowest BCUT2D eigenvalue weighted by Crippen LogP contribution is -2.41. The van der Waals surface area contributed by atoms with Crippen LogP contribution in [0.3, 0.4) is 0 Å². The fourth-order valence-electron chi connectivity index (χ4n) is 3.53. The first-order chi connectivity index (χ1) is 9.99. The molecule has 1 unspecified atom stereocenters. The molecular weight excluding hydrogens is 264 g/mol. The average Bonchev–Trinajstić information content (AvgIpc) is 2.78. The monoisotopic (exact) mass is 292 g/mol. The third-order valence-corrected chi connectivity index (χ3v) is 4.73. The second kappa shape index (κ2) is 5.69. The lowest BCUT2D eigenvalue weighted by molar-refractivity contribution is -0.0247. The van der Waals surface area contributed by atoms with Crippen LogP contribution in [-0.4, -0.2) is 34.0 Å². The van der Waals surface area contributed by atoms with Gasteiger partial charge in [0.2, 0.25) is 0 Å². The summed E-state index contributed by atoms with van der Waals surface area (Å²) < 4.78 is 8.00. The standard InChI is InChI=1S/C16H28N4O/c1-5-21-12-8-11(9-12)10-13-18-19-15-14(16(2,3)4)17-6-7-20(13)15/h11-12,14,17H,5-10H2,1-4H3. The van der Waals surface area contributed by atoms with Gasteiger partial charge in [0, 0.05) is 26.1 Å². The van der Waals surface area contributed by atoms with Crippen molar-refractivity contribution < 1.29 is 4.74 Å². The Bertz CT molecular complexity index is 485. The lowest BCUT2D eigenvalue weighted by Gasteiger charge is -2.36. The number of nitrogens with zero attached hydrogens (tertiary/aromatic N) is 3. The number of hydrogen-bond donors (Lipinski definition) is 1. The van der Waals surface area contributed by atoms with Gasteiger partial charge in [-0.15, -0.1) is 10.2 Å². The zero-order valence-corrected chi connectivity index (χ0v) is 13.7. The lowest BCUT2D eigenvalue weighted by atomic mass is 9.80. The molecule has 2 aliphatic rings. The van der Waals surface area contributed by atoms with Crippen LogP contribution in [0.15, 0.2) is 0 Å². The number of ether oxygens (including phenoxy) is 1. The summed E-state index contributed by atoms with van der Waals surface area (Å²) in [5.74, 6) is 3.00. The number of rotatable bonds is 4. The Morgan fingerprint density at radius 1 is 1.29 bits per heavy atom. The van der Waals surface area contributed by atoms with Gasteiger partial charge in [-0.1, -0.05) is 20.8 Å². The maximum atomic E-state index is 5.65. The molecule has 21 heavy (non-hydrogen) atoms. The molecular formula is C16H28N4O. The SMILES string of the molecule is CCOC1CC(Cc2nnc3n2CCNC3C(C)(C)C)C1. The highest BCUT2D eigenvalue weighted by Gasteiger charge is 2.35. The first-order valence-corrected chi connectivity index (χ1v) is 8.26. The first kappa shape index (κ1) is 15.0. The molecule has 1 N–H and O–H groups in total. The molecule has 1 aliphatic heterocycles. The quantitative estimate of drug-likeness (QED) is 0.925. The van der Waals surface area contributed by atoms with E-state index in [1.807, 2.05) is 0 Å². The number of fused-ring (bicyclic) bond motifs is 1. The summed E-state index contributed by atoms with van der Waals surface area (Å²) in [6.45, 7) is 11.7. The van der Waals surface area contributed by atoms with Crippen LogP contribution in [0, 0.1) is 11.3 Å². The second-order valence-corrected chi connectivity index (χ2v) is 7.50. The van der Waals surface area contributed by atoms with Crippen molar-refractivity contribution in [1.29, 1.82) is 0 Å². The van der Waals surface area contributed by atoms with Gasteiger partial charge >= 0.3 is 0 Å². The number of nitrogens with one attached hydrogen (secondary N) is 1. The molecule has 0 spiro atoms. The highest BCUT2D eigenvalue weighted by Crippen LogP contribution is 2.36. The first-order valence-electron chi connectivity index (χ1n) is 8.26. The van der Waals surface area contributed by atoms with Gasteiger partial charge in [0.1, 0.15) is 5.82 Å². The van der Waals surface area contributed by atoms with Crippen LogP contribution >= 0.6 is 0 Å². The maximum Gasteiger partial charge on any atom is 0.150 e. The fourth-order valence-corrected chi connectivity index (χ4v) is 3.53. The molecule has 1 aliphatic carbocycles. The van der Waals surface area contributed by atoms with Gasteiger partial charge in [-0.05, 0) is 31.1 Å². The minimum atomic E-state index is 0.166. The van der Waals surface area contributed by atoms with Crippen molar-refractivity contribution in [2.24, 2.45) is 11.3 Å². The summed E-state index contributed by atoms with van der Waals surface area (Å²) in [5.41, 5.74) is 0.166. The minimum absolute atomic E-state index is 0.166. The minimum Gasteiger partial charge on any atom is -0.378 e. The van der Waals surface area contributed by atoms with E-state index in [1.54, 1.807) is 0 Å². The van der Waals surface area contributed by atoms with Crippen LogP contribution in [0.1, 0.15) is 58.2 Å².